The molecule has 3 nitrogen and oxygen atoms in total. The Morgan fingerprint density at radius 1 is 1.14 bits per heavy atom. The predicted octanol–water partition coefficient (Wildman–Crippen LogP) is 4.73. The van der Waals surface area contributed by atoms with Gasteiger partial charge in [-0.25, -0.2) is 0 Å². The van der Waals surface area contributed by atoms with Crippen LogP contribution in [0.25, 0.3) is 0 Å². The zero-order chi connectivity index (χ0) is 15.9. The van der Waals surface area contributed by atoms with Crippen molar-refractivity contribution in [1.29, 1.82) is 0 Å². The summed E-state index contributed by atoms with van der Waals surface area (Å²) in [5.74, 6) is 0.497. The van der Waals surface area contributed by atoms with Gasteiger partial charge in [-0.15, -0.1) is 0 Å². The lowest BCUT2D eigenvalue weighted by atomic mass is 10.1. The monoisotopic (exact) mass is 297 g/mol. The molecule has 2 rings (SSSR count). The molecule has 22 heavy (non-hydrogen) atoms. The van der Waals surface area contributed by atoms with Gasteiger partial charge in [0.05, 0.1) is 12.2 Å². The van der Waals surface area contributed by atoms with Crippen LogP contribution in [0.1, 0.15) is 41.3 Å². The number of rotatable bonds is 6. The maximum Gasteiger partial charge on any atom is 0.259 e. The van der Waals surface area contributed by atoms with Crippen LogP contribution in [0.2, 0.25) is 0 Å². The number of benzene rings is 2. The Bertz CT molecular complexity index is 650. The van der Waals surface area contributed by atoms with Crippen LogP contribution in [0, 0.1) is 13.8 Å². The molecule has 0 heterocycles. The van der Waals surface area contributed by atoms with E-state index in [2.05, 4.69) is 18.3 Å². The number of carbonyl (C=O) groups excluding carboxylic acids is 1. The van der Waals surface area contributed by atoms with Crippen molar-refractivity contribution in [3.8, 4) is 5.75 Å². The third kappa shape index (κ3) is 4.10. The smallest absolute Gasteiger partial charge is 0.259 e. The van der Waals surface area contributed by atoms with Crippen molar-refractivity contribution >= 4 is 11.6 Å². The second-order valence-electron chi connectivity index (χ2n) is 5.47. The minimum atomic E-state index is -0.140. The largest absolute Gasteiger partial charge is 0.493 e. The number of ether oxygens (including phenoxy) is 1. The van der Waals surface area contributed by atoms with Crippen LogP contribution in [0.3, 0.4) is 0 Å². The predicted molar refractivity (Wildman–Crippen MR) is 90.7 cm³/mol. The minimum Gasteiger partial charge on any atom is -0.493 e. The van der Waals surface area contributed by atoms with Crippen LogP contribution >= 0.6 is 0 Å². The molecule has 2 aromatic rings. The molecule has 0 aromatic heterocycles. The fraction of sp³-hybridized carbons (Fsp3) is 0.316. The normalized spacial score (nSPS) is 10.3. The van der Waals surface area contributed by atoms with Crippen LogP contribution in [0.5, 0.6) is 5.75 Å². The average Bonchev–Trinajstić information content (AvgIpc) is 2.51. The van der Waals surface area contributed by atoms with E-state index >= 15 is 0 Å². The van der Waals surface area contributed by atoms with E-state index in [0.717, 1.165) is 24.1 Å². The molecule has 0 unspecified atom stereocenters. The summed E-state index contributed by atoms with van der Waals surface area (Å²) in [7, 11) is 0. The molecule has 0 atom stereocenters. The van der Waals surface area contributed by atoms with Gasteiger partial charge >= 0.3 is 0 Å². The summed E-state index contributed by atoms with van der Waals surface area (Å²) < 4.78 is 5.72. The van der Waals surface area contributed by atoms with Crippen LogP contribution in [-0.2, 0) is 0 Å². The average molecular weight is 297 g/mol. The van der Waals surface area contributed by atoms with E-state index in [1.807, 2.05) is 44.2 Å². The van der Waals surface area contributed by atoms with E-state index in [4.69, 9.17) is 4.74 Å². The molecule has 2 aromatic carbocycles. The third-order valence-electron chi connectivity index (χ3n) is 3.52. The Labute approximate surface area is 132 Å². The van der Waals surface area contributed by atoms with Crippen LogP contribution in [0.4, 0.5) is 5.69 Å². The Hall–Kier alpha value is -2.29. The number of amides is 1. The van der Waals surface area contributed by atoms with Crippen molar-refractivity contribution in [2.75, 3.05) is 11.9 Å². The van der Waals surface area contributed by atoms with Gasteiger partial charge in [-0.3, -0.25) is 4.79 Å². The van der Waals surface area contributed by atoms with Crippen LogP contribution in [0.15, 0.2) is 42.5 Å². The summed E-state index contributed by atoms with van der Waals surface area (Å²) >= 11 is 0. The van der Waals surface area contributed by atoms with E-state index < -0.39 is 0 Å². The van der Waals surface area contributed by atoms with E-state index in [1.165, 1.54) is 5.56 Å². The van der Waals surface area contributed by atoms with E-state index in [0.29, 0.717) is 17.9 Å². The number of para-hydroxylation sites is 1. The molecular formula is C19H23NO2. The summed E-state index contributed by atoms with van der Waals surface area (Å²) in [4.78, 5) is 12.5. The summed E-state index contributed by atoms with van der Waals surface area (Å²) in [5, 5.41) is 2.97. The quantitative estimate of drug-likeness (QED) is 0.782. The van der Waals surface area contributed by atoms with Crippen molar-refractivity contribution in [2.24, 2.45) is 0 Å². The van der Waals surface area contributed by atoms with Gasteiger partial charge < -0.3 is 10.1 Å². The van der Waals surface area contributed by atoms with Gasteiger partial charge in [0, 0.05) is 5.69 Å². The molecule has 0 fully saturated rings. The highest BCUT2D eigenvalue weighted by molar-refractivity contribution is 6.06. The number of aryl methyl sites for hydroxylation is 2. The fourth-order valence-electron chi connectivity index (χ4n) is 2.25. The highest BCUT2D eigenvalue weighted by atomic mass is 16.5. The van der Waals surface area contributed by atoms with Crippen molar-refractivity contribution < 1.29 is 9.53 Å². The molecule has 1 amide bonds. The topological polar surface area (TPSA) is 38.3 Å². The van der Waals surface area contributed by atoms with Gasteiger partial charge in [-0.05, 0) is 44.0 Å². The van der Waals surface area contributed by atoms with E-state index in [9.17, 15) is 4.79 Å². The standard InChI is InChI=1S/C19H23NO2/c1-4-5-12-22-18-9-7-6-8-16(18)19(21)20-17-11-10-14(2)13-15(17)3/h6-11,13H,4-5,12H2,1-3H3,(H,20,21). The lowest BCUT2D eigenvalue weighted by Gasteiger charge is -2.13. The molecule has 0 bridgehead atoms. The number of hydrogen-bond acceptors (Lipinski definition) is 2. The maximum absolute atomic E-state index is 12.5. The molecule has 0 saturated heterocycles. The molecule has 116 valence electrons. The minimum absolute atomic E-state index is 0.140. The number of hydrogen-bond donors (Lipinski definition) is 1. The van der Waals surface area contributed by atoms with Gasteiger partial charge in [0.1, 0.15) is 5.75 Å². The highest BCUT2D eigenvalue weighted by Crippen LogP contribution is 2.22. The second-order valence-corrected chi connectivity index (χ2v) is 5.47. The van der Waals surface area contributed by atoms with Gasteiger partial charge in [0.2, 0.25) is 0 Å². The van der Waals surface area contributed by atoms with Crippen LogP contribution < -0.4 is 10.1 Å². The molecule has 0 aliphatic carbocycles. The molecule has 0 radical (unpaired) electrons. The first-order valence-corrected chi connectivity index (χ1v) is 7.72. The maximum atomic E-state index is 12.5. The van der Waals surface area contributed by atoms with Crippen molar-refractivity contribution in [2.45, 2.75) is 33.6 Å². The second kappa shape index (κ2) is 7.64. The van der Waals surface area contributed by atoms with Gasteiger partial charge in [0.25, 0.3) is 5.91 Å². The molecule has 0 aliphatic rings. The fourth-order valence-corrected chi connectivity index (χ4v) is 2.25. The van der Waals surface area contributed by atoms with Crippen molar-refractivity contribution in [3.63, 3.8) is 0 Å². The summed E-state index contributed by atoms with van der Waals surface area (Å²) in [6.45, 7) is 6.77. The first-order chi connectivity index (χ1) is 10.6. The third-order valence-corrected chi connectivity index (χ3v) is 3.52. The van der Waals surface area contributed by atoms with Crippen molar-refractivity contribution in [3.05, 3.63) is 59.2 Å². The zero-order valence-corrected chi connectivity index (χ0v) is 13.5. The molecule has 0 spiro atoms. The molecule has 1 N–H and O–H groups in total. The van der Waals surface area contributed by atoms with Crippen LogP contribution in [-0.4, -0.2) is 12.5 Å². The SMILES string of the molecule is CCCCOc1ccccc1C(=O)Nc1ccc(C)cc1C. The van der Waals surface area contributed by atoms with E-state index in [-0.39, 0.29) is 5.91 Å². The Balaban J connectivity index is 2.15. The lowest BCUT2D eigenvalue weighted by Crippen LogP contribution is -2.14. The summed E-state index contributed by atoms with van der Waals surface area (Å²) in [6.07, 6.45) is 2.05. The van der Waals surface area contributed by atoms with E-state index in [1.54, 1.807) is 6.07 Å². The molecule has 0 saturated carbocycles. The van der Waals surface area contributed by atoms with Gasteiger partial charge in [-0.2, -0.15) is 0 Å². The lowest BCUT2D eigenvalue weighted by molar-refractivity contribution is 0.102. The number of nitrogens with one attached hydrogen (secondary N) is 1. The number of anilines is 1. The first kappa shape index (κ1) is 16.1. The Morgan fingerprint density at radius 2 is 1.91 bits per heavy atom. The molecule has 0 aliphatic heterocycles. The Kier molecular flexibility index (Phi) is 5.59. The molecular weight excluding hydrogens is 274 g/mol. The Morgan fingerprint density at radius 3 is 2.64 bits per heavy atom. The van der Waals surface area contributed by atoms with Gasteiger partial charge in [0.15, 0.2) is 0 Å². The number of unbranched alkanes of at least 4 members (excludes halogenated alkanes) is 1. The number of carbonyl (C=O) groups is 1. The molecule has 3 heteroatoms. The first-order valence-electron chi connectivity index (χ1n) is 7.72. The summed E-state index contributed by atoms with van der Waals surface area (Å²) in [6, 6.07) is 13.3. The summed E-state index contributed by atoms with van der Waals surface area (Å²) in [5.41, 5.74) is 3.63. The van der Waals surface area contributed by atoms with Gasteiger partial charge in [-0.1, -0.05) is 43.2 Å². The zero-order valence-electron chi connectivity index (χ0n) is 13.5. The van der Waals surface area contributed by atoms with Crippen molar-refractivity contribution in [1.82, 2.24) is 0 Å². The highest BCUT2D eigenvalue weighted by Gasteiger charge is 2.13.